The maximum absolute atomic E-state index is 12.6. The molecule has 4 heteroatoms. The second-order valence-corrected chi connectivity index (χ2v) is 2.15. The SMILES string of the molecule is Cc1cncc(F)c1C(F)F. The zero-order valence-corrected chi connectivity index (χ0v) is 5.81. The van der Waals surface area contributed by atoms with E-state index >= 15 is 0 Å². The van der Waals surface area contributed by atoms with Crippen molar-refractivity contribution in [3.05, 3.63) is 29.3 Å². The van der Waals surface area contributed by atoms with Crippen molar-refractivity contribution in [2.24, 2.45) is 0 Å². The smallest absolute Gasteiger partial charge is 0.261 e. The quantitative estimate of drug-likeness (QED) is 0.616. The summed E-state index contributed by atoms with van der Waals surface area (Å²) in [6.07, 6.45) is -0.767. The molecule has 1 nitrogen and oxygen atoms in total. The van der Waals surface area contributed by atoms with Crippen LogP contribution in [-0.4, -0.2) is 4.98 Å². The fourth-order valence-electron chi connectivity index (χ4n) is 0.818. The number of aromatic nitrogens is 1. The van der Waals surface area contributed by atoms with Gasteiger partial charge in [-0.25, -0.2) is 13.2 Å². The van der Waals surface area contributed by atoms with Crippen LogP contribution in [0.5, 0.6) is 0 Å². The summed E-state index contributed by atoms with van der Waals surface area (Å²) in [7, 11) is 0. The van der Waals surface area contributed by atoms with E-state index in [9.17, 15) is 13.2 Å². The molecule has 0 saturated carbocycles. The second kappa shape index (κ2) is 2.90. The minimum absolute atomic E-state index is 0.181. The largest absolute Gasteiger partial charge is 0.267 e. The Morgan fingerprint density at radius 1 is 1.36 bits per heavy atom. The molecule has 0 atom stereocenters. The molecule has 0 radical (unpaired) electrons. The van der Waals surface area contributed by atoms with Gasteiger partial charge in [-0.3, -0.25) is 4.98 Å². The lowest BCUT2D eigenvalue weighted by Crippen LogP contribution is -1.95. The normalized spacial score (nSPS) is 10.6. The molecule has 0 spiro atoms. The van der Waals surface area contributed by atoms with Crippen molar-refractivity contribution >= 4 is 0 Å². The van der Waals surface area contributed by atoms with Crippen LogP contribution >= 0.6 is 0 Å². The molecule has 0 unspecified atom stereocenters. The number of hydrogen-bond acceptors (Lipinski definition) is 1. The Morgan fingerprint density at radius 3 is 2.36 bits per heavy atom. The van der Waals surface area contributed by atoms with E-state index in [1.54, 1.807) is 0 Å². The third-order valence-corrected chi connectivity index (χ3v) is 1.36. The fourth-order valence-corrected chi connectivity index (χ4v) is 0.818. The molecule has 11 heavy (non-hydrogen) atoms. The van der Waals surface area contributed by atoms with Crippen LogP contribution in [0.15, 0.2) is 12.4 Å². The molecule has 1 aromatic heterocycles. The van der Waals surface area contributed by atoms with Gasteiger partial charge in [-0.05, 0) is 12.5 Å². The van der Waals surface area contributed by atoms with Gasteiger partial charge in [0.25, 0.3) is 6.43 Å². The van der Waals surface area contributed by atoms with Crippen LogP contribution in [0.1, 0.15) is 17.6 Å². The Labute approximate surface area is 61.9 Å². The van der Waals surface area contributed by atoms with Gasteiger partial charge in [0, 0.05) is 6.20 Å². The van der Waals surface area contributed by atoms with Gasteiger partial charge in [-0.2, -0.15) is 0 Å². The molecule has 0 aliphatic carbocycles. The zero-order valence-electron chi connectivity index (χ0n) is 5.81. The predicted octanol–water partition coefficient (Wildman–Crippen LogP) is 2.47. The number of pyridine rings is 1. The van der Waals surface area contributed by atoms with Gasteiger partial charge in [0.05, 0.1) is 11.8 Å². The summed E-state index contributed by atoms with van der Waals surface area (Å²) in [6.45, 7) is 1.40. The summed E-state index contributed by atoms with van der Waals surface area (Å²) >= 11 is 0. The van der Waals surface area contributed by atoms with Gasteiger partial charge in [-0.15, -0.1) is 0 Å². The van der Waals surface area contributed by atoms with Gasteiger partial charge in [0.2, 0.25) is 0 Å². The summed E-state index contributed by atoms with van der Waals surface area (Å²) in [6, 6.07) is 0. The van der Waals surface area contributed by atoms with Gasteiger partial charge >= 0.3 is 0 Å². The third-order valence-electron chi connectivity index (χ3n) is 1.36. The average molecular weight is 161 g/mol. The van der Waals surface area contributed by atoms with Crippen molar-refractivity contribution in [3.8, 4) is 0 Å². The molecule has 0 amide bonds. The summed E-state index contributed by atoms with van der Waals surface area (Å²) < 4.78 is 36.6. The van der Waals surface area contributed by atoms with Crippen LogP contribution in [0, 0.1) is 12.7 Å². The van der Waals surface area contributed by atoms with Crippen LogP contribution in [0.2, 0.25) is 0 Å². The van der Waals surface area contributed by atoms with Crippen molar-refractivity contribution in [2.45, 2.75) is 13.3 Å². The summed E-state index contributed by atoms with van der Waals surface area (Å²) in [5.41, 5.74) is -0.375. The molecule has 0 fully saturated rings. The fraction of sp³-hybridized carbons (Fsp3) is 0.286. The first kappa shape index (κ1) is 8.04. The molecule has 0 aromatic carbocycles. The minimum Gasteiger partial charge on any atom is -0.261 e. The number of rotatable bonds is 1. The van der Waals surface area contributed by atoms with Crippen molar-refractivity contribution in [3.63, 3.8) is 0 Å². The highest BCUT2D eigenvalue weighted by atomic mass is 19.3. The third kappa shape index (κ3) is 1.50. The van der Waals surface area contributed by atoms with Crippen molar-refractivity contribution in [1.29, 1.82) is 0 Å². The molecule has 0 saturated heterocycles. The van der Waals surface area contributed by atoms with E-state index in [0.717, 1.165) is 6.20 Å². The first-order valence-corrected chi connectivity index (χ1v) is 3.01. The molecule has 0 bridgehead atoms. The van der Waals surface area contributed by atoms with Crippen molar-refractivity contribution < 1.29 is 13.2 Å². The Bertz CT molecular complexity index is 240. The van der Waals surface area contributed by atoms with Gasteiger partial charge < -0.3 is 0 Å². The van der Waals surface area contributed by atoms with Crippen LogP contribution in [0.3, 0.4) is 0 Å². The first-order chi connectivity index (χ1) is 5.13. The van der Waals surface area contributed by atoms with Crippen LogP contribution < -0.4 is 0 Å². The molecule has 60 valence electrons. The van der Waals surface area contributed by atoms with E-state index in [2.05, 4.69) is 4.98 Å². The standard InChI is InChI=1S/C7H6F3N/c1-4-2-11-3-5(8)6(4)7(9)10/h2-3,7H,1H3. The molecule has 1 rings (SSSR count). The minimum atomic E-state index is -2.77. The topological polar surface area (TPSA) is 12.9 Å². The number of alkyl halides is 2. The Hall–Kier alpha value is -1.06. The number of aryl methyl sites for hydroxylation is 1. The molecule has 1 heterocycles. The van der Waals surface area contributed by atoms with Gasteiger partial charge in [0.15, 0.2) is 5.82 Å². The van der Waals surface area contributed by atoms with Crippen LogP contribution in [-0.2, 0) is 0 Å². The van der Waals surface area contributed by atoms with Crippen molar-refractivity contribution in [1.82, 2.24) is 4.98 Å². The second-order valence-electron chi connectivity index (χ2n) is 2.15. The van der Waals surface area contributed by atoms with E-state index < -0.39 is 17.8 Å². The number of nitrogens with zero attached hydrogens (tertiary/aromatic N) is 1. The van der Waals surface area contributed by atoms with E-state index in [1.165, 1.54) is 13.1 Å². The van der Waals surface area contributed by atoms with E-state index in [1.807, 2.05) is 0 Å². The molecular weight excluding hydrogens is 155 g/mol. The average Bonchev–Trinajstić information content (AvgIpc) is 1.85. The maximum Gasteiger partial charge on any atom is 0.267 e. The van der Waals surface area contributed by atoms with E-state index in [-0.39, 0.29) is 5.56 Å². The van der Waals surface area contributed by atoms with E-state index in [0.29, 0.717) is 0 Å². The van der Waals surface area contributed by atoms with Gasteiger partial charge in [0.1, 0.15) is 0 Å². The van der Waals surface area contributed by atoms with Gasteiger partial charge in [-0.1, -0.05) is 0 Å². The Morgan fingerprint density at radius 2 is 2.00 bits per heavy atom. The molecular formula is C7H6F3N. The lowest BCUT2D eigenvalue weighted by Gasteiger charge is -2.03. The monoisotopic (exact) mass is 161 g/mol. The molecule has 1 aromatic rings. The molecule has 0 aliphatic rings. The highest BCUT2D eigenvalue weighted by Crippen LogP contribution is 2.23. The molecule has 0 N–H and O–H groups in total. The lowest BCUT2D eigenvalue weighted by atomic mass is 10.1. The number of halogens is 3. The Balaban J connectivity index is 3.21. The Kier molecular flexibility index (Phi) is 2.12. The van der Waals surface area contributed by atoms with Crippen molar-refractivity contribution in [2.75, 3.05) is 0 Å². The summed E-state index contributed by atoms with van der Waals surface area (Å²) in [4.78, 5) is 3.42. The zero-order chi connectivity index (χ0) is 8.43. The summed E-state index contributed by atoms with van der Waals surface area (Å²) in [5, 5.41) is 0. The van der Waals surface area contributed by atoms with Crippen LogP contribution in [0.4, 0.5) is 13.2 Å². The highest BCUT2D eigenvalue weighted by molar-refractivity contribution is 5.24. The molecule has 0 aliphatic heterocycles. The summed E-state index contributed by atoms with van der Waals surface area (Å²) in [5.74, 6) is -0.944. The maximum atomic E-state index is 12.6. The first-order valence-electron chi connectivity index (χ1n) is 3.01. The predicted molar refractivity (Wildman–Crippen MR) is 33.9 cm³/mol. The lowest BCUT2D eigenvalue weighted by molar-refractivity contribution is 0.145. The highest BCUT2D eigenvalue weighted by Gasteiger charge is 2.15. The van der Waals surface area contributed by atoms with E-state index in [4.69, 9.17) is 0 Å². The number of hydrogen-bond donors (Lipinski definition) is 0. The van der Waals surface area contributed by atoms with Crippen LogP contribution in [0.25, 0.3) is 0 Å².